The van der Waals surface area contributed by atoms with Crippen LogP contribution in [0.5, 0.6) is 0 Å². The number of thiophene rings is 1. The molecular formula is C15H12F3N3O2S. The van der Waals surface area contributed by atoms with Crippen LogP contribution in [-0.4, -0.2) is 14.7 Å². The SMILES string of the molecule is Cc1cccc(=O)n1C(C)c1ccc(-c2noc(C(F)(F)F)n2)s1. The number of nitrogens with zero attached hydrogens (tertiary/aromatic N) is 3. The van der Waals surface area contributed by atoms with Crippen LogP contribution in [0.3, 0.4) is 0 Å². The van der Waals surface area contributed by atoms with Crippen molar-refractivity contribution in [3.05, 3.63) is 57.1 Å². The molecule has 0 aliphatic carbocycles. The van der Waals surface area contributed by atoms with Crippen molar-refractivity contribution >= 4 is 11.3 Å². The second-order valence-corrected chi connectivity index (χ2v) is 6.29. The van der Waals surface area contributed by atoms with Gasteiger partial charge in [-0.3, -0.25) is 4.79 Å². The van der Waals surface area contributed by atoms with E-state index < -0.39 is 12.1 Å². The maximum Gasteiger partial charge on any atom is 0.471 e. The maximum absolute atomic E-state index is 12.5. The number of aryl methyl sites for hydroxylation is 1. The molecule has 24 heavy (non-hydrogen) atoms. The molecule has 3 aromatic heterocycles. The van der Waals surface area contributed by atoms with E-state index in [9.17, 15) is 18.0 Å². The monoisotopic (exact) mass is 355 g/mol. The Hall–Kier alpha value is -2.42. The van der Waals surface area contributed by atoms with Crippen molar-refractivity contribution < 1.29 is 17.7 Å². The Bertz CT molecular complexity index is 926. The molecule has 0 radical (unpaired) electrons. The van der Waals surface area contributed by atoms with Crippen LogP contribution in [0.2, 0.25) is 0 Å². The van der Waals surface area contributed by atoms with E-state index in [-0.39, 0.29) is 17.4 Å². The molecule has 9 heteroatoms. The number of pyridine rings is 1. The first-order chi connectivity index (χ1) is 11.3. The van der Waals surface area contributed by atoms with Crippen molar-refractivity contribution in [3.63, 3.8) is 0 Å². The minimum Gasteiger partial charge on any atom is -0.329 e. The molecule has 1 atom stereocenters. The first kappa shape index (κ1) is 16.4. The van der Waals surface area contributed by atoms with Crippen LogP contribution in [0.15, 0.2) is 39.6 Å². The molecule has 3 rings (SSSR count). The lowest BCUT2D eigenvalue weighted by molar-refractivity contribution is -0.159. The molecule has 0 amide bonds. The third-order valence-corrected chi connectivity index (χ3v) is 4.76. The minimum atomic E-state index is -4.67. The summed E-state index contributed by atoms with van der Waals surface area (Å²) in [5, 5.41) is 3.37. The van der Waals surface area contributed by atoms with E-state index in [1.807, 2.05) is 19.9 Å². The second kappa shape index (κ2) is 5.90. The van der Waals surface area contributed by atoms with Crippen molar-refractivity contribution in [1.82, 2.24) is 14.7 Å². The van der Waals surface area contributed by atoms with Gasteiger partial charge in [0, 0.05) is 16.6 Å². The summed E-state index contributed by atoms with van der Waals surface area (Å²) in [6, 6.07) is 8.07. The number of hydrogen-bond acceptors (Lipinski definition) is 5. The van der Waals surface area contributed by atoms with Crippen LogP contribution in [-0.2, 0) is 6.18 Å². The normalized spacial score (nSPS) is 13.2. The number of alkyl halides is 3. The highest BCUT2D eigenvalue weighted by Gasteiger charge is 2.38. The third-order valence-electron chi connectivity index (χ3n) is 3.51. The van der Waals surface area contributed by atoms with Crippen LogP contribution in [0.25, 0.3) is 10.7 Å². The van der Waals surface area contributed by atoms with E-state index >= 15 is 0 Å². The summed E-state index contributed by atoms with van der Waals surface area (Å²) in [5.74, 6) is -1.50. The van der Waals surface area contributed by atoms with E-state index in [1.165, 1.54) is 17.4 Å². The summed E-state index contributed by atoms with van der Waals surface area (Å²) in [6.07, 6.45) is -4.67. The Morgan fingerprint density at radius 2 is 2.00 bits per heavy atom. The Labute approximate surface area is 138 Å². The van der Waals surface area contributed by atoms with E-state index in [0.717, 1.165) is 10.6 Å². The summed E-state index contributed by atoms with van der Waals surface area (Å²) in [7, 11) is 0. The van der Waals surface area contributed by atoms with Crippen molar-refractivity contribution in [3.8, 4) is 10.7 Å². The third kappa shape index (κ3) is 2.99. The zero-order valence-corrected chi connectivity index (χ0v) is 13.5. The standard InChI is InChI=1S/C15H12F3N3O2S/c1-8-4-3-5-12(22)21(8)9(2)10-6-7-11(24-10)13-19-14(23-20-13)15(16,17)18/h3-7,9H,1-2H3. The predicted octanol–water partition coefficient (Wildman–Crippen LogP) is 3.90. The summed E-state index contributed by atoms with van der Waals surface area (Å²) in [6.45, 7) is 3.67. The molecule has 126 valence electrons. The predicted molar refractivity (Wildman–Crippen MR) is 81.9 cm³/mol. The molecule has 0 saturated carbocycles. The lowest BCUT2D eigenvalue weighted by atomic mass is 10.2. The molecule has 0 bridgehead atoms. The van der Waals surface area contributed by atoms with Gasteiger partial charge in [0.15, 0.2) is 0 Å². The van der Waals surface area contributed by atoms with Gasteiger partial charge in [0.2, 0.25) is 5.82 Å². The number of aromatic nitrogens is 3. The molecule has 1 unspecified atom stereocenters. The maximum atomic E-state index is 12.5. The van der Waals surface area contributed by atoms with Crippen LogP contribution >= 0.6 is 11.3 Å². The van der Waals surface area contributed by atoms with Crippen molar-refractivity contribution in [2.75, 3.05) is 0 Å². The van der Waals surface area contributed by atoms with Crippen molar-refractivity contribution in [2.45, 2.75) is 26.1 Å². The molecule has 0 saturated heterocycles. The van der Waals surface area contributed by atoms with Gasteiger partial charge in [0.1, 0.15) is 0 Å². The average Bonchev–Trinajstić information content (AvgIpc) is 3.15. The van der Waals surface area contributed by atoms with Crippen LogP contribution < -0.4 is 5.56 Å². The van der Waals surface area contributed by atoms with E-state index in [2.05, 4.69) is 14.7 Å². The quantitative estimate of drug-likeness (QED) is 0.715. The lowest BCUT2D eigenvalue weighted by Gasteiger charge is -2.16. The Kier molecular flexibility index (Phi) is 4.04. The van der Waals surface area contributed by atoms with Crippen molar-refractivity contribution in [1.29, 1.82) is 0 Å². The van der Waals surface area contributed by atoms with Gasteiger partial charge in [-0.1, -0.05) is 11.2 Å². The zero-order valence-electron chi connectivity index (χ0n) is 12.7. The number of hydrogen-bond donors (Lipinski definition) is 0. The Morgan fingerprint density at radius 3 is 2.62 bits per heavy atom. The molecule has 5 nitrogen and oxygen atoms in total. The first-order valence-corrected chi connectivity index (χ1v) is 7.78. The van der Waals surface area contributed by atoms with Gasteiger partial charge >= 0.3 is 12.1 Å². The smallest absolute Gasteiger partial charge is 0.329 e. The summed E-state index contributed by atoms with van der Waals surface area (Å²) >= 11 is 1.22. The fourth-order valence-corrected chi connectivity index (χ4v) is 3.34. The second-order valence-electron chi connectivity index (χ2n) is 5.17. The van der Waals surface area contributed by atoms with Gasteiger partial charge in [-0.05, 0) is 32.0 Å². The Balaban J connectivity index is 1.93. The van der Waals surface area contributed by atoms with Gasteiger partial charge in [0.25, 0.3) is 5.56 Å². The molecule has 0 aliphatic rings. The molecule has 0 N–H and O–H groups in total. The molecule has 0 aromatic carbocycles. The van der Waals surface area contributed by atoms with Crippen LogP contribution in [0.1, 0.15) is 29.4 Å². The van der Waals surface area contributed by atoms with Gasteiger partial charge in [-0.15, -0.1) is 11.3 Å². The molecule has 0 fully saturated rings. The molecule has 0 spiro atoms. The number of rotatable bonds is 3. The number of halogens is 3. The Morgan fingerprint density at radius 1 is 1.25 bits per heavy atom. The van der Waals surface area contributed by atoms with Crippen LogP contribution in [0.4, 0.5) is 13.2 Å². The van der Waals surface area contributed by atoms with Gasteiger partial charge < -0.3 is 9.09 Å². The fourth-order valence-electron chi connectivity index (χ4n) is 2.36. The minimum absolute atomic E-state index is 0.122. The summed E-state index contributed by atoms with van der Waals surface area (Å²) < 4.78 is 43.4. The van der Waals surface area contributed by atoms with E-state index in [4.69, 9.17) is 0 Å². The molecule has 0 aliphatic heterocycles. The van der Waals surface area contributed by atoms with Crippen LogP contribution in [0, 0.1) is 6.92 Å². The average molecular weight is 355 g/mol. The van der Waals surface area contributed by atoms with E-state index in [0.29, 0.717) is 4.88 Å². The largest absolute Gasteiger partial charge is 0.471 e. The van der Waals surface area contributed by atoms with E-state index in [1.54, 1.807) is 22.8 Å². The highest BCUT2D eigenvalue weighted by atomic mass is 32.1. The molecule has 3 heterocycles. The van der Waals surface area contributed by atoms with Crippen molar-refractivity contribution in [2.24, 2.45) is 0 Å². The summed E-state index contributed by atoms with van der Waals surface area (Å²) in [5.41, 5.74) is 0.653. The highest BCUT2D eigenvalue weighted by Crippen LogP contribution is 2.34. The van der Waals surface area contributed by atoms with Gasteiger partial charge in [0.05, 0.1) is 10.9 Å². The topological polar surface area (TPSA) is 60.9 Å². The lowest BCUT2D eigenvalue weighted by Crippen LogP contribution is -2.24. The molecular weight excluding hydrogens is 343 g/mol. The fraction of sp³-hybridized carbons (Fsp3) is 0.267. The highest BCUT2D eigenvalue weighted by molar-refractivity contribution is 7.15. The first-order valence-electron chi connectivity index (χ1n) is 6.96. The molecule has 3 aromatic rings. The summed E-state index contributed by atoms with van der Waals surface area (Å²) in [4.78, 5) is 16.7. The zero-order chi connectivity index (χ0) is 17.5. The van der Waals surface area contributed by atoms with Gasteiger partial charge in [-0.25, -0.2) is 0 Å². The van der Waals surface area contributed by atoms with Gasteiger partial charge in [-0.2, -0.15) is 18.2 Å².